The van der Waals surface area contributed by atoms with Gasteiger partial charge in [-0.15, -0.1) is 0 Å². The zero-order valence-electron chi connectivity index (χ0n) is 14.2. The normalized spacial score (nSPS) is 12.1. The first-order chi connectivity index (χ1) is 11.4. The van der Waals surface area contributed by atoms with Gasteiger partial charge in [0, 0.05) is 22.5 Å². The molecule has 0 radical (unpaired) electrons. The van der Waals surface area contributed by atoms with E-state index in [0.717, 1.165) is 22.1 Å². The number of para-hydroxylation sites is 1. The van der Waals surface area contributed by atoms with Gasteiger partial charge in [0.25, 0.3) is 0 Å². The average Bonchev–Trinajstić information content (AvgIpc) is 2.87. The summed E-state index contributed by atoms with van der Waals surface area (Å²) in [5.41, 5.74) is 4.74. The highest BCUT2D eigenvalue weighted by atomic mass is 16.3. The van der Waals surface area contributed by atoms with Crippen LogP contribution in [-0.2, 0) is 5.41 Å². The molecule has 0 fully saturated rings. The Labute approximate surface area is 142 Å². The average molecular weight is 315 g/mol. The van der Waals surface area contributed by atoms with E-state index in [4.69, 9.17) is 0 Å². The fourth-order valence-corrected chi connectivity index (χ4v) is 3.35. The van der Waals surface area contributed by atoms with Crippen LogP contribution in [0.2, 0.25) is 0 Å². The fourth-order valence-electron chi connectivity index (χ4n) is 3.35. The molecule has 4 rings (SSSR count). The number of rotatable bonds is 1. The van der Waals surface area contributed by atoms with Crippen LogP contribution < -0.4 is 0 Å². The molecule has 0 saturated carbocycles. The second-order valence-electron chi connectivity index (χ2n) is 7.35. The minimum absolute atomic E-state index is 0.137. The highest BCUT2D eigenvalue weighted by Gasteiger charge is 2.15. The Morgan fingerprint density at radius 1 is 0.750 bits per heavy atom. The van der Waals surface area contributed by atoms with Crippen molar-refractivity contribution in [3.8, 4) is 11.4 Å². The molecule has 0 aliphatic heterocycles. The Kier molecular flexibility index (Phi) is 3.17. The van der Waals surface area contributed by atoms with Crippen molar-refractivity contribution in [2.24, 2.45) is 0 Å². The molecule has 1 aromatic heterocycles. The van der Waals surface area contributed by atoms with E-state index in [2.05, 4.69) is 73.9 Å². The van der Waals surface area contributed by atoms with Crippen molar-refractivity contribution in [2.45, 2.75) is 26.2 Å². The monoisotopic (exact) mass is 315 g/mol. The Morgan fingerprint density at radius 2 is 1.42 bits per heavy atom. The van der Waals surface area contributed by atoms with Crippen LogP contribution in [0.4, 0.5) is 0 Å². The third-order valence-corrected chi connectivity index (χ3v) is 4.65. The second kappa shape index (κ2) is 5.13. The lowest BCUT2D eigenvalue weighted by Gasteiger charge is -2.19. The first-order valence-electron chi connectivity index (χ1n) is 8.28. The zero-order chi connectivity index (χ0) is 16.9. The Balaban J connectivity index is 2.02. The smallest absolute Gasteiger partial charge is 0.117 e. The number of hydrogen-bond donors (Lipinski definition) is 1. The van der Waals surface area contributed by atoms with Crippen molar-refractivity contribution >= 4 is 21.8 Å². The van der Waals surface area contributed by atoms with Crippen molar-refractivity contribution in [1.29, 1.82) is 0 Å². The van der Waals surface area contributed by atoms with Crippen molar-refractivity contribution in [2.75, 3.05) is 0 Å². The molecule has 120 valence electrons. The van der Waals surface area contributed by atoms with Crippen molar-refractivity contribution in [1.82, 2.24) is 4.57 Å². The Bertz CT molecular complexity index is 1030. The first-order valence-corrected chi connectivity index (χ1v) is 8.28. The topological polar surface area (TPSA) is 25.2 Å². The second-order valence-corrected chi connectivity index (χ2v) is 7.35. The predicted octanol–water partition coefficient (Wildman–Crippen LogP) is 5.79. The van der Waals surface area contributed by atoms with Crippen LogP contribution in [0.25, 0.3) is 27.5 Å². The van der Waals surface area contributed by atoms with E-state index in [0.29, 0.717) is 0 Å². The summed E-state index contributed by atoms with van der Waals surface area (Å²) in [6.07, 6.45) is 0. The maximum Gasteiger partial charge on any atom is 0.117 e. The van der Waals surface area contributed by atoms with Gasteiger partial charge in [0.15, 0.2) is 0 Å². The van der Waals surface area contributed by atoms with Crippen LogP contribution in [0, 0.1) is 0 Å². The molecule has 0 unspecified atom stereocenters. The maximum atomic E-state index is 9.96. The van der Waals surface area contributed by atoms with Gasteiger partial charge in [0.1, 0.15) is 5.75 Å². The maximum absolute atomic E-state index is 9.96. The summed E-state index contributed by atoms with van der Waals surface area (Å²) in [5.74, 6) is 0.290. The van der Waals surface area contributed by atoms with Crippen LogP contribution in [0.15, 0.2) is 66.7 Å². The van der Waals surface area contributed by atoms with E-state index in [-0.39, 0.29) is 11.2 Å². The highest BCUT2D eigenvalue weighted by Crippen LogP contribution is 2.34. The van der Waals surface area contributed by atoms with Crippen LogP contribution in [0.5, 0.6) is 5.75 Å². The number of aromatic hydroxyl groups is 1. The summed E-state index contributed by atoms with van der Waals surface area (Å²) in [4.78, 5) is 0. The van der Waals surface area contributed by atoms with Gasteiger partial charge in [-0.25, -0.2) is 0 Å². The first kappa shape index (κ1) is 14.8. The van der Waals surface area contributed by atoms with E-state index in [1.807, 2.05) is 12.1 Å². The number of hydrogen-bond acceptors (Lipinski definition) is 1. The molecule has 2 heteroatoms. The lowest BCUT2D eigenvalue weighted by molar-refractivity contribution is 0.476. The van der Waals surface area contributed by atoms with E-state index in [1.54, 1.807) is 6.07 Å². The van der Waals surface area contributed by atoms with Gasteiger partial charge < -0.3 is 9.67 Å². The zero-order valence-corrected chi connectivity index (χ0v) is 14.2. The van der Waals surface area contributed by atoms with Gasteiger partial charge in [0.2, 0.25) is 0 Å². The molecular weight excluding hydrogens is 294 g/mol. The number of aromatic nitrogens is 1. The number of nitrogens with zero attached hydrogens (tertiary/aromatic N) is 1. The third kappa shape index (κ3) is 2.26. The molecule has 24 heavy (non-hydrogen) atoms. The SMILES string of the molecule is CC(C)(C)c1ccc(-n2c3ccccc3c3ccc(O)cc32)cc1. The van der Waals surface area contributed by atoms with Crippen molar-refractivity contribution in [3.05, 3.63) is 72.3 Å². The number of fused-ring (bicyclic) bond motifs is 3. The Hall–Kier alpha value is -2.74. The van der Waals surface area contributed by atoms with Gasteiger partial charge in [-0.1, -0.05) is 51.1 Å². The molecule has 0 atom stereocenters. The van der Waals surface area contributed by atoms with E-state index in [9.17, 15) is 5.11 Å². The molecule has 0 aliphatic rings. The standard InChI is InChI=1S/C22H21NO/c1-22(2,3)15-8-10-16(11-9-15)23-20-7-5-4-6-18(20)19-13-12-17(24)14-21(19)23/h4-14,24H,1-3H3. The van der Waals surface area contributed by atoms with Crippen LogP contribution in [-0.4, -0.2) is 9.67 Å². The molecular formula is C22H21NO. The predicted molar refractivity (Wildman–Crippen MR) is 101 cm³/mol. The quantitative estimate of drug-likeness (QED) is 0.473. The molecule has 0 bridgehead atoms. The number of phenolic OH excluding ortho intramolecular Hbond substituents is 1. The number of benzene rings is 3. The van der Waals surface area contributed by atoms with Crippen LogP contribution in [0.3, 0.4) is 0 Å². The van der Waals surface area contributed by atoms with Gasteiger partial charge in [-0.2, -0.15) is 0 Å². The van der Waals surface area contributed by atoms with Crippen LogP contribution >= 0.6 is 0 Å². The molecule has 0 saturated heterocycles. The van der Waals surface area contributed by atoms with Gasteiger partial charge in [-0.05, 0) is 41.3 Å². The van der Waals surface area contributed by atoms with E-state index >= 15 is 0 Å². The summed E-state index contributed by atoms with van der Waals surface area (Å²) in [6, 6.07) is 22.7. The summed E-state index contributed by atoms with van der Waals surface area (Å²) >= 11 is 0. The van der Waals surface area contributed by atoms with Crippen molar-refractivity contribution < 1.29 is 5.11 Å². The Morgan fingerprint density at radius 3 is 2.12 bits per heavy atom. The van der Waals surface area contributed by atoms with Gasteiger partial charge in [0.05, 0.1) is 11.0 Å². The molecule has 3 aromatic carbocycles. The molecule has 0 spiro atoms. The molecule has 1 N–H and O–H groups in total. The summed E-state index contributed by atoms with van der Waals surface area (Å²) in [5, 5.41) is 12.3. The molecule has 4 aromatic rings. The van der Waals surface area contributed by atoms with Crippen LogP contribution in [0.1, 0.15) is 26.3 Å². The van der Waals surface area contributed by atoms with E-state index < -0.39 is 0 Å². The molecule has 0 amide bonds. The summed E-state index contributed by atoms with van der Waals surface area (Å²) < 4.78 is 2.22. The lowest BCUT2D eigenvalue weighted by Crippen LogP contribution is -2.10. The molecule has 0 aliphatic carbocycles. The molecule has 1 heterocycles. The minimum atomic E-state index is 0.137. The molecule has 2 nitrogen and oxygen atoms in total. The van der Waals surface area contributed by atoms with E-state index in [1.165, 1.54) is 10.9 Å². The van der Waals surface area contributed by atoms with Gasteiger partial charge in [-0.3, -0.25) is 0 Å². The third-order valence-electron chi connectivity index (χ3n) is 4.65. The minimum Gasteiger partial charge on any atom is -0.508 e. The lowest BCUT2D eigenvalue weighted by atomic mass is 9.87. The van der Waals surface area contributed by atoms with Crippen molar-refractivity contribution in [3.63, 3.8) is 0 Å². The van der Waals surface area contributed by atoms with Gasteiger partial charge >= 0.3 is 0 Å². The largest absolute Gasteiger partial charge is 0.508 e. The number of phenols is 1. The highest BCUT2D eigenvalue weighted by molar-refractivity contribution is 6.09. The fraction of sp³-hybridized carbons (Fsp3) is 0.182. The summed E-state index contributed by atoms with van der Waals surface area (Å²) in [6.45, 7) is 6.67. The summed E-state index contributed by atoms with van der Waals surface area (Å²) in [7, 11) is 0.